The lowest BCUT2D eigenvalue weighted by molar-refractivity contribution is 0.304. The minimum absolute atomic E-state index is 0.409. The van der Waals surface area contributed by atoms with Gasteiger partial charge in [0.15, 0.2) is 0 Å². The fourth-order valence-electron chi connectivity index (χ4n) is 2.69. The van der Waals surface area contributed by atoms with Gasteiger partial charge in [-0.25, -0.2) is 0 Å². The Labute approximate surface area is 160 Å². The molecule has 0 atom stereocenters. The van der Waals surface area contributed by atoms with Crippen LogP contribution in [0.4, 0.5) is 0 Å². The normalized spacial score (nSPS) is 13.3. The first-order valence-corrected chi connectivity index (χ1v) is 9.78. The molecule has 26 heavy (non-hydrogen) atoms. The van der Waals surface area contributed by atoms with Crippen LogP contribution in [0.1, 0.15) is 89.8 Å². The van der Waals surface area contributed by atoms with Crippen LogP contribution in [0.5, 0.6) is 5.75 Å². The van der Waals surface area contributed by atoms with Gasteiger partial charge in [0, 0.05) is 5.56 Å². The summed E-state index contributed by atoms with van der Waals surface area (Å²) in [5.74, 6) is 1.90. The van der Waals surface area contributed by atoms with Crippen LogP contribution < -0.4 is 4.74 Å². The van der Waals surface area contributed by atoms with Gasteiger partial charge < -0.3 is 9.84 Å². The van der Waals surface area contributed by atoms with Crippen LogP contribution in [0, 0.1) is 0 Å². The van der Waals surface area contributed by atoms with Gasteiger partial charge in [0.2, 0.25) is 0 Å². The molecular formula is C24H36O2. The van der Waals surface area contributed by atoms with Gasteiger partial charge in [0.25, 0.3) is 0 Å². The third kappa shape index (κ3) is 6.40. The fourth-order valence-corrected chi connectivity index (χ4v) is 2.69. The van der Waals surface area contributed by atoms with Crippen LogP contribution in [-0.2, 0) is 0 Å². The van der Waals surface area contributed by atoms with Crippen molar-refractivity contribution in [3.63, 3.8) is 0 Å². The van der Waals surface area contributed by atoms with Crippen molar-refractivity contribution in [1.29, 1.82) is 0 Å². The van der Waals surface area contributed by atoms with E-state index in [4.69, 9.17) is 9.84 Å². The van der Waals surface area contributed by atoms with Crippen molar-refractivity contribution < 1.29 is 9.84 Å². The summed E-state index contributed by atoms with van der Waals surface area (Å²) < 4.78 is 6.26. The minimum atomic E-state index is 0.409. The predicted molar refractivity (Wildman–Crippen MR) is 114 cm³/mol. The van der Waals surface area contributed by atoms with Crippen LogP contribution in [0.15, 0.2) is 42.2 Å². The maximum atomic E-state index is 9.02. The lowest BCUT2D eigenvalue weighted by Gasteiger charge is -2.21. The molecule has 0 radical (unpaired) electrons. The highest BCUT2D eigenvalue weighted by atomic mass is 16.5. The van der Waals surface area contributed by atoms with Gasteiger partial charge in [-0.3, -0.25) is 0 Å². The summed E-state index contributed by atoms with van der Waals surface area (Å²) in [5, 5.41) is 9.02. The summed E-state index contributed by atoms with van der Waals surface area (Å²) >= 11 is 0. The number of benzene rings is 1. The topological polar surface area (TPSA) is 29.5 Å². The van der Waals surface area contributed by atoms with Gasteiger partial charge in [0.05, 0.1) is 12.9 Å². The van der Waals surface area contributed by atoms with Gasteiger partial charge in [-0.15, -0.1) is 0 Å². The molecule has 1 rings (SSSR count). The number of allylic oxidation sites excluding steroid dienone is 5. The highest BCUT2D eigenvalue weighted by Gasteiger charge is 2.17. The van der Waals surface area contributed by atoms with Gasteiger partial charge in [-0.05, 0) is 60.4 Å². The molecule has 0 unspecified atom stereocenters. The van der Waals surface area contributed by atoms with E-state index >= 15 is 0 Å². The second-order valence-corrected chi connectivity index (χ2v) is 7.58. The highest BCUT2D eigenvalue weighted by Crippen LogP contribution is 2.37. The number of aliphatic hydroxyl groups is 1. The van der Waals surface area contributed by atoms with Crippen LogP contribution in [0.3, 0.4) is 0 Å². The van der Waals surface area contributed by atoms with E-state index in [2.05, 4.69) is 59.8 Å². The molecule has 0 heterocycles. The molecule has 0 aliphatic heterocycles. The van der Waals surface area contributed by atoms with E-state index in [1.807, 2.05) is 19.1 Å². The summed E-state index contributed by atoms with van der Waals surface area (Å²) in [4.78, 5) is 0. The summed E-state index contributed by atoms with van der Waals surface area (Å²) in [6.07, 6.45) is 9.27. The van der Waals surface area contributed by atoms with E-state index in [1.165, 1.54) is 22.3 Å². The summed E-state index contributed by atoms with van der Waals surface area (Å²) in [5.41, 5.74) is 5.79. The first-order valence-electron chi connectivity index (χ1n) is 9.78. The van der Waals surface area contributed by atoms with Crippen molar-refractivity contribution in [2.75, 3.05) is 6.61 Å². The Morgan fingerprint density at radius 2 is 1.81 bits per heavy atom. The number of hydrogen-bond donors (Lipinski definition) is 1. The summed E-state index contributed by atoms with van der Waals surface area (Å²) in [6.45, 7) is 15.8. The van der Waals surface area contributed by atoms with Crippen molar-refractivity contribution >= 4 is 5.57 Å². The second-order valence-electron chi connectivity index (χ2n) is 7.58. The quantitative estimate of drug-likeness (QED) is 0.281. The molecule has 0 saturated heterocycles. The Kier molecular flexibility index (Phi) is 9.26. The van der Waals surface area contributed by atoms with Crippen molar-refractivity contribution in [2.24, 2.45) is 0 Å². The first-order chi connectivity index (χ1) is 12.3. The molecule has 144 valence electrons. The Morgan fingerprint density at radius 1 is 1.12 bits per heavy atom. The molecule has 0 aliphatic carbocycles. The van der Waals surface area contributed by atoms with Gasteiger partial charge in [-0.1, -0.05) is 65.3 Å². The number of aliphatic hydroxyl groups excluding tert-OH is 1. The van der Waals surface area contributed by atoms with Crippen LogP contribution in [-0.4, -0.2) is 11.7 Å². The van der Waals surface area contributed by atoms with E-state index in [1.54, 1.807) is 0 Å². The largest absolute Gasteiger partial charge is 0.515 e. The van der Waals surface area contributed by atoms with Crippen LogP contribution in [0.2, 0.25) is 0 Å². The minimum Gasteiger partial charge on any atom is -0.515 e. The smallest absolute Gasteiger partial charge is 0.130 e. The van der Waals surface area contributed by atoms with Crippen molar-refractivity contribution in [3.8, 4) is 5.75 Å². The Hall–Kier alpha value is -1.96. The van der Waals surface area contributed by atoms with E-state index in [0.717, 1.165) is 37.0 Å². The average Bonchev–Trinajstić information content (AvgIpc) is 2.60. The molecular weight excluding hydrogens is 320 g/mol. The lowest BCUT2D eigenvalue weighted by Crippen LogP contribution is -2.06. The fraction of sp³-hybridized carbons (Fsp3) is 0.500. The van der Waals surface area contributed by atoms with Gasteiger partial charge >= 0.3 is 0 Å². The molecule has 2 heteroatoms. The molecule has 0 amide bonds. The van der Waals surface area contributed by atoms with E-state index in [9.17, 15) is 0 Å². The zero-order valence-electron chi connectivity index (χ0n) is 17.6. The Morgan fingerprint density at radius 3 is 2.35 bits per heavy atom. The molecule has 1 N–H and O–H groups in total. The highest BCUT2D eigenvalue weighted by molar-refractivity contribution is 5.73. The second kappa shape index (κ2) is 10.9. The van der Waals surface area contributed by atoms with Crippen LogP contribution in [0.25, 0.3) is 5.57 Å². The van der Waals surface area contributed by atoms with Crippen LogP contribution >= 0.6 is 0 Å². The average molecular weight is 357 g/mol. The predicted octanol–water partition coefficient (Wildman–Crippen LogP) is 7.53. The Bertz CT molecular complexity index is 661. The number of hydrogen-bond acceptors (Lipinski definition) is 2. The van der Waals surface area contributed by atoms with Crippen molar-refractivity contribution in [1.82, 2.24) is 0 Å². The molecule has 0 saturated carbocycles. The van der Waals surface area contributed by atoms with Gasteiger partial charge in [-0.2, -0.15) is 0 Å². The molecule has 1 aromatic carbocycles. The zero-order valence-corrected chi connectivity index (χ0v) is 17.6. The standard InChI is InChI=1S/C24H36O2/c1-8-9-13-26-24-22(18(4)5)14-21(17(2)3)15-23(24)20(7)12-10-11-19(6)16-25/h10-12,14-18,25H,8-9,13H2,1-7H3/b11-10+,19-16+,20-12-. The number of rotatable bonds is 9. The number of ether oxygens (including phenoxy) is 1. The maximum Gasteiger partial charge on any atom is 0.130 e. The first kappa shape index (κ1) is 22.1. The summed E-state index contributed by atoms with van der Waals surface area (Å²) in [6, 6.07) is 4.58. The zero-order chi connectivity index (χ0) is 19.7. The molecule has 0 bridgehead atoms. The lowest BCUT2D eigenvalue weighted by atomic mass is 9.89. The monoisotopic (exact) mass is 356 g/mol. The maximum absolute atomic E-state index is 9.02. The van der Waals surface area contributed by atoms with Gasteiger partial charge in [0.1, 0.15) is 5.75 Å². The molecule has 0 aromatic heterocycles. The molecule has 1 aromatic rings. The van der Waals surface area contributed by atoms with Crippen molar-refractivity contribution in [2.45, 2.75) is 73.1 Å². The number of unbranched alkanes of at least 4 members (excludes halogenated alkanes) is 1. The van der Waals surface area contributed by atoms with E-state index < -0.39 is 0 Å². The molecule has 0 spiro atoms. The Balaban J connectivity index is 3.43. The molecule has 2 nitrogen and oxygen atoms in total. The third-order valence-electron chi connectivity index (χ3n) is 4.51. The molecule has 0 fully saturated rings. The van der Waals surface area contributed by atoms with E-state index in [-0.39, 0.29) is 0 Å². The molecule has 0 aliphatic rings. The van der Waals surface area contributed by atoms with E-state index in [0.29, 0.717) is 11.8 Å². The van der Waals surface area contributed by atoms with Crippen molar-refractivity contribution in [3.05, 3.63) is 58.9 Å². The SMILES string of the molecule is CCCCOc1c(\C(C)=C/C=C/C(C)=C/O)cc(C(C)C)cc1C(C)C. The third-order valence-corrected chi connectivity index (χ3v) is 4.51. The summed E-state index contributed by atoms with van der Waals surface area (Å²) in [7, 11) is 0.